The number of hydrogen-bond donors (Lipinski definition) is 0. The van der Waals surface area contributed by atoms with Crippen molar-refractivity contribution in [3.8, 4) is 0 Å². The van der Waals surface area contributed by atoms with Gasteiger partial charge >= 0.3 is 0 Å². The summed E-state index contributed by atoms with van der Waals surface area (Å²) in [4.78, 5) is 21.9. The smallest absolute Gasteiger partial charge is 0.272 e. The molecule has 0 N–H and O–H groups in total. The molecule has 26 heavy (non-hydrogen) atoms. The van der Waals surface area contributed by atoms with E-state index in [4.69, 9.17) is 9.15 Å². The van der Waals surface area contributed by atoms with Crippen molar-refractivity contribution in [2.75, 3.05) is 32.8 Å². The Hall–Kier alpha value is -2.18. The van der Waals surface area contributed by atoms with E-state index < -0.39 is 0 Å². The third-order valence-corrected chi connectivity index (χ3v) is 5.09. The fraction of sp³-hybridized carbons (Fsp3) is 0.500. The van der Waals surface area contributed by atoms with Gasteiger partial charge in [0, 0.05) is 31.2 Å². The van der Waals surface area contributed by atoms with Gasteiger partial charge in [-0.2, -0.15) is 0 Å². The molecule has 0 unspecified atom stereocenters. The molecule has 4 rings (SSSR count). The lowest BCUT2D eigenvalue weighted by atomic mass is 10.1. The van der Waals surface area contributed by atoms with Crippen LogP contribution in [0.25, 0.3) is 0 Å². The number of carbonyl (C=O) groups excluding carboxylic acids is 1. The molecule has 6 nitrogen and oxygen atoms in total. The Balaban J connectivity index is 1.53. The lowest BCUT2D eigenvalue weighted by molar-refractivity contribution is 0.0408. The molecule has 6 heteroatoms. The van der Waals surface area contributed by atoms with Crippen LogP contribution in [0.2, 0.25) is 0 Å². The summed E-state index contributed by atoms with van der Waals surface area (Å²) in [5.41, 5.74) is 1.38. The minimum Gasteiger partial charge on any atom is -0.465 e. The normalized spacial score (nSPS) is 23.7. The number of pyridine rings is 1. The minimum atomic E-state index is 0.00453. The second-order valence-electron chi connectivity index (χ2n) is 7.39. The standard InChI is InChI=1S/C20H25N3O3/c1-14-4-3-5-19(21-14)20(24)23-9-16-8-22(10-17(23)13-25-12-16)11-18-7-6-15(2)26-18/h3-7,16-17H,8-13H2,1-2H3/t16-,17-/m0/s1. The van der Waals surface area contributed by atoms with Crippen LogP contribution in [-0.2, 0) is 11.3 Å². The maximum absolute atomic E-state index is 13.1. The van der Waals surface area contributed by atoms with Crippen LogP contribution in [0.3, 0.4) is 0 Å². The predicted octanol–water partition coefficient (Wildman–Crippen LogP) is 2.26. The highest BCUT2D eigenvalue weighted by molar-refractivity contribution is 5.92. The van der Waals surface area contributed by atoms with Crippen molar-refractivity contribution in [3.63, 3.8) is 0 Å². The number of furan rings is 1. The van der Waals surface area contributed by atoms with E-state index in [0.29, 0.717) is 31.4 Å². The maximum Gasteiger partial charge on any atom is 0.272 e. The van der Waals surface area contributed by atoms with E-state index in [1.165, 1.54) is 0 Å². The Morgan fingerprint density at radius 2 is 2.04 bits per heavy atom. The van der Waals surface area contributed by atoms with Gasteiger partial charge in [-0.3, -0.25) is 9.69 Å². The van der Waals surface area contributed by atoms with Gasteiger partial charge in [0.15, 0.2) is 0 Å². The van der Waals surface area contributed by atoms with Crippen molar-refractivity contribution in [2.45, 2.75) is 26.4 Å². The Labute approximate surface area is 153 Å². The number of aromatic nitrogens is 1. The number of fused-ring (bicyclic) bond motifs is 3. The van der Waals surface area contributed by atoms with Crippen LogP contribution in [0, 0.1) is 19.8 Å². The molecule has 2 fully saturated rings. The zero-order valence-electron chi connectivity index (χ0n) is 15.4. The molecule has 0 saturated carbocycles. The number of rotatable bonds is 3. The summed E-state index contributed by atoms with van der Waals surface area (Å²) < 4.78 is 11.6. The number of carbonyl (C=O) groups is 1. The summed E-state index contributed by atoms with van der Waals surface area (Å²) in [6, 6.07) is 9.67. The molecule has 138 valence electrons. The van der Waals surface area contributed by atoms with Crippen LogP contribution >= 0.6 is 0 Å². The van der Waals surface area contributed by atoms with Crippen molar-refractivity contribution in [1.29, 1.82) is 0 Å². The quantitative estimate of drug-likeness (QED) is 0.845. The van der Waals surface area contributed by atoms with E-state index in [1.54, 1.807) is 6.07 Å². The van der Waals surface area contributed by atoms with Gasteiger partial charge in [-0.1, -0.05) is 6.07 Å². The van der Waals surface area contributed by atoms with Crippen LogP contribution in [0.15, 0.2) is 34.7 Å². The summed E-state index contributed by atoms with van der Waals surface area (Å²) >= 11 is 0. The molecule has 2 aliphatic heterocycles. The number of amides is 1. The van der Waals surface area contributed by atoms with Crippen LogP contribution in [0.5, 0.6) is 0 Å². The summed E-state index contributed by atoms with van der Waals surface area (Å²) in [6.07, 6.45) is 0. The third kappa shape index (κ3) is 3.66. The molecule has 2 aromatic heterocycles. The largest absolute Gasteiger partial charge is 0.465 e. The molecular weight excluding hydrogens is 330 g/mol. The molecule has 0 spiro atoms. The highest BCUT2D eigenvalue weighted by atomic mass is 16.5. The van der Waals surface area contributed by atoms with Crippen molar-refractivity contribution in [3.05, 3.63) is 53.2 Å². The van der Waals surface area contributed by atoms with Crippen molar-refractivity contribution in [2.24, 2.45) is 5.92 Å². The van der Waals surface area contributed by atoms with Crippen molar-refractivity contribution >= 4 is 5.91 Å². The van der Waals surface area contributed by atoms with E-state index in [9.17, 15) is 4.79 Å². The molecular formula is C20H25N3O3. The Morgan fingerprint density at radius 3 is 2.81 bits per heavy atom. The average molecular weight is 355 g/mol. The van der Waals surface area contributed by atoms with E-state index in [2.05, 4.69) is 9.88 Å². The molecule has 2 bridgehead atoms. The number of aryl methyl sites for hydroxylation is 2. The monoisotopic (exact) mass is 355 g/mol. The number of nitrogens with zero attached hydrogens (tertiary/aromatic N) is 3. The zero-order valence-corrected chi connectivity index (χ0v) is 15.4. The van der Waals surface area contributed by atoms with Gasteiger partial charge in [0.25, 0.3) is 5.91 Å². The molecule has 2 saturated heterocycles. The molecule has 0 radical (unpaired) electrons. The summed E-state index contributed by atoms with van der Waals surface area (Å²) in [5, 5.41) is 0. The SMILES string of the molecule is Cc1cccc(C(=O)N2C[C@H]3COC[C@@H]2CN(Cc2ccc(C)o2)C3)n1. The van der Waals surface area contributed by atoms with E-state index in [1.807, 2.05) is 43.0 Å². The maximum atomic E-state index is 13.1. The molecule has 2 aromatic rings. The topological polar surface area (TPSA) is 58.8 Å². The summed E-state index contributed by atoms with van der Waals surface area (Å²) in [7, 11) is 0. The van der Waals surface area contributed by atoms with Gasteiger partial charge in [0.1, 0.15) is 17.2 Å². The zero-order chi connectivity index (χ0) is 18.1. The predicted molar refractivity (Wildman–Crippen MR) is 96.8 cm³/mol. The van der Waals surface area contributed by atoms with Crippen LogP contribution in [0.1, 0.15) is 27.7 Å². The third-order valence-electron chi connectivity index (χ3n) is 5.09. The van der Waals surface area contributed by atoms with Gasteiger partial charge in [-0.15, -0.1) is 0 Å². The second kappa shape index (κ2) is 7.21. The molecule has 2 atom stereocenters. The first-order chi connectivity index (χ1) is 12.6. The van der Waals surface area contributed by atoms with E-state index in [-0.39, 0.29) is 11.9 Å². The summed E-state index contributed by atoms with van der Waals surface area (Å²) in [6.45, 7) is 8.31. The van der Waals surface area contributed by atoms with E-state index in [0.717, 1.165) is 36.8 Å². The first-order valence-electron chi connectivity index (χ1n) is 9.18. The number of ether oxygens (including phenoxy) is 1. The fourth-order valence-corrected chi connectivity index (χ4v) is 3.92. The number of hydrogen-bond acceptors (Lipinski definition) is 5. The van der Waals surface area contributed by atoms with Crippen LogP contribution in [0.4, 0.5) is 0 Å². The fourth-order valence-electron chi connectivity index (χ4n) is 3.92. The van der Waals surface area contributed by atoms with Gasteiger partial charge in [0.2, 0.25) is 0 Å². The van der Waals surface area contributed by atoms with Crippen LogP contribution in [-0.4, -0.2) is 59.6 Å². The lowest BCUT2D eigenvalue weighted by Crippen LogP contribution is -2.46. The van der Waals surface area contributed by atoms with Gasteiger partial charge in [-0.05, 0) is 38.1 Å². The molecule has 1 amide bonds. The molecule has 0 aromatic carbocycles. The Bertz CT molecular complexity index is 788. The first kappa shape index (κ1) is 17.2. The van der Waals surface area contributed by atoms with Crippen molar-refractivity contribution < 1.29 is 13.9 Å². The van der Waals surface area contributed by atoms with Crippen molar-refractivity contribution in [1.82, 2.24) is 14.8 Å². The van der Waals surface area contributed by atoms with Crippen LogP contribution < -0.4 is 0 Å². The van der Waals surface area contributed by atoms with Gasteiger partial charge in [-0.25, -0.2) is 4.98 Å². The second-order valence-corrected chi connectivity index (χ2v) is 7.39. The van der Waals surface area contributed by atoms with E-state index >= 15 is 0 Å². The highest BCUT2D eigenvalue weighted by Gasteiger charge is 2.36. The van der Waals surface area contributed by atoms with Gasteiger partial charge < -0.3 is 14.1 Å². The molecule has 4 heterocycles. The van der Waals surface area contributed by atoms with Gasteiger partial charge in [0.05, 0.1) is 25.8 Å². The summed E-state index contributed by atoms with van der Waals surface area (Å²) in [5.74, 6) is 2.21. The Kier molecular flexibility index (Phi) is 4.78. The first-order valence-corrected chi connectivity index (χ1v) is 9.18. The highest BCUT2D eigenvalue weighted by Crippen LogP contribution is 2.23. The lowest BCUT2D eigenvalue weighted by Gasteiger charge is -2.30. The Morgan fingerprint density at radius 1 is 1.15 bits per heavy atom. The molecule has 2 aliphatic rings. The minimum absolute atomic E-state index is 0.00453. The average Bonchev–Trinajstić information content (AvgIpc) is 2.81. The molecule has 0 aliphatic carbocycles.